The highest BCUT2D eigenvalue weighted by molar-refractivity contribution is 7.13. The average molecular weight is 296 g/mol. The second-order valence-electron chi connectivity index (χ2n) is 4.22. The van der Waals surface area contributed by atoms with E-state index in [2.05, 4.69) is 20.6 Å². The normalized spacial score (nSPS) is 10.1. The van der Waals surface area contributed by atoms with Crippen molar-refractivity contribution in [3.8, 4) is 10.6 Å². The van der Waals surface area contributed by atoms with E-state index in [4.69, 9.17) is 0 Å². The van der Waals surface area contributed by atoms with Gasteiger partial charge in [0, 0.05) is 29.0 Å². The molecular weight excluding hydrogens is 284 g/mol. The van der Waals surface area contributed by atoms with E-state index in [1.165, 1.54) is 11.3 Å². The number of rotatable bonds is 3. The minimum Gasteiger partial charge on any atom is -0.308 e. The van der Waals surface area contributed by atoms with E-state index in [1.807, 2.05) is 42.5 Å². The largest absolute Gasteiger partial charge is 0.324 e. The number of carbonyl (C=O) groups is 1. The molecule has 1 aromatic carbocycles. The van der Waals surface area contributed by atoms with Crippen molar-refractivity contribution >= 4 is 28.9 Å². The Hall–Kier alpha value is -2.73. The first kappa shape index (κ1) is 13.3. The molecule has 0 spiro atoms. The fourth-order valence-corrected chi connectivity index (χ4v) is 2.52. The molecule has 6 heteroatoms. The minimum atomic E-state index is -0.312. The predicted molar refractivity (Wildman–Crippen MR) is 84.4 cm³/mol. The Morgan fingerprint density at radius 1 is 1.00 bits per heavy atom. The lowest BCUT2D eigenvalue weighted by molar-refractivity contribution is 0.262. The molecule has 0 aliphatic heterocycles. The van der Waals surface area contributed by atoms with Crippen molar-refractivity contribution in [2.24, 2.45) is 0 Å². The summed E-state index contributed by atoms with van der Waals surface area (Å²) in [5, 5.41) is 8.10. The lowest BCUT2D eigenvalue weighted by Gasteiger charge is -2.04. The Labute approximate surface area is 125 Å². The van der Waals surface area contributed by atoms with Gasteiger partial charge in [0.25, 0.3) is 0 Å². The van der Waals surface area contributed by atoms with E-state index in [0.29, 0.717) is 5.82 Å². The number of aromatic nitrogens is 2. The molecule has 0 radical (unpaired) electrons. The third-order valence-corrected chi connectivity index (χ3v) is 3.60. The van der Waals surface area contributed by atoms with Crippen LogP contribution in [-0.2, 0) is 0 Å². The summed E-state index contributed by atoms with van der Waals surface area (Å²) in [6.07, 6.45) is 3.43. The van der Waals surface area contributed by atoms with Crippen LogP contribution in [0.25, 0.3) is 10.6 Å². The standard InChI is InChI=1S/C15H12N4OS/c20-15(17-12-4-2-1-3-5-12)19-13-10-21-14(18-13)11-6-8-16-9-7-11/h1-10H,(H2,17,19,20). The predicted octanol–water partition coefficient (Wildman–Crippen LogP) is 3.85. The number of urea groups is 1. The molecule has 0 fully saturated rings. The van der Waals surface area contributed by atoms with Gasteiger partial charge in [0.2, 0.25) is 0 Å². The highest BCUT2D eigenvalue weighted by Crippen LogP contribution is 2.25. The number of hydrogen-bond donors (Lipinski definition) is 2. The molecule has 0 unspecified atom stereocenters. The van der Waals surface area contributed by atoms with Gasteiger partial charge in [-0.3, -0.25) is 10.3 Å². The fraction of sp³-hybridized carbons (Fsp3) is 0. The van der Waals surface area contributed by atoms with Gasteiger partial charge in [-0.15, -0.1) is 11.3 Å². The van der Waals surface area contributed by atoms with Crippen LogP contribution in [-0.4, -0.2) is 16.0 Å². The van der Waals surface area contributed by atoms with Crippen molar-refractivity contribution in [2.75, 3.05) is 10.6 Å². The number of pyridine rings is 1. The number of amides is 2. The zero-order valence-electron chi connectivity index (χ0n) is 11.0. The van der Waals surface area contributed by atoms with Crippen LogP contribution in [0.3, 0.4) is 0 Å². The molecule has 0 aliphatic carbocycles. The smallest absolute Gasteiger partial charge is 0.308 e. The Balaban J connectivity index is 1.66. The number of benzene rings is 1. The molecule has 2 N–H and O–H groups in total. The second kappa shape index (κ2) is 6.15. The summed E-state index contributed by atoms with van der Waals surface area (Å²) < 4.78 is 0. The Morgan fingerprint density at radius 2 is 1.76 bits per heavy atom. The Kier molecular flexibility index (Phi) is 3.88. The second-order valence-corrected chi connectivity index (χ2v) is 5.08. The van der Waals surface area contributed by atoms with E-state index < -0.39 is 0 Å². The van der Waals surface area contributed by atoms with Crippen molar-refractivity contribution in [1.82, 2.24) is 9.97 Å². The molecule has 0 bridgehead atoms. The summed E-state index contributed by atoms with van der Waals surface area (Å²) in [7, 11) is 0. The molecule has 2 aromatic heterocycles. The van der Waals surface area contributed by atoms with Crippen LogP contribution in [0, 0.1) is 0 Å². The first-order chi connectivity index (χ1) is 10.3. The highest BCUT2D eigenvalue weighted by Gasteiger charge is 2.07. The van der Waals surface area contributed by atoms with Crippen molar-refractivity contribution in [2.45, 2.75) is 0 Å². The van der Waals surface area contributed by atoms with E-state index in [1.54, 1.807) is 17.8 Å². The van der Waals surface area contributed by atoms with Gasteiger partial charge in [-0.05, 0) is 24.3 Å². The van der Waals surface area contributed by atoms with Gasteiger partial charge in [-0.25, -0.2) is 9.78 Å². The van der Waals surface area contributed by atoms with E-state index in [0.717, 1.165) is 16.3 Å². The molecule has 21 heavy (non-hydrogen) atoms. The minimum absolute atomic E-state index is 0.312. The van der Waals surface area contributed by atoms with Gasteiger partial charge in [-0.2, -0.15) is 0 Å². The third kappa shape index (κ3) is 3.43. The first-order valence-electron chi connectivity index (χ1n) is 6.30. The quantitative estimate of drug-likeness (QED) is 0.771. The molecule has 5 nitrogen and oxygen atoms in total. The van der Waals surface area contributed by atoms with Crippen molar-refractivity contribution in [3.63, 3.8) is 0 Å². The van der Waals surface area contributed by atoms with Crippen LogP contribution in [0.15, 0.2) is 60.2 Å². The molecule has 3 rings (SSSR count). The van der Waals surface area contributed by atoms with E-state index in [-0.39, 0.29) is 6.03 Å². The summed E-state index contributed by atoms with van der Waals surface area (Å²) in [4.78, 5) is 20.2. The SMILES string of the molecule is O=C(Nc1ccccc1)Nc1csc(-c2ccncc2)n1. The summed E-state index contributed by atoms with van der Waals surface area (Å²) >= 11 is 1.47. The molecule has 0 atom stereocenters. The topological polar surface area (TPSA) is 66.9 Å². The molecule has 104 valence electrons. The van der Waals surface area contributed by atoms with Crippen LogP contribution < -0.4 is 10.6 Å². The van der Waals surface area contributed by atoms with Gasteiger partial charge < -0.3 is 5.32 Å². The molecule has 0 saturated heterocycles. The maximum atomic E-state index is 11.9. The highest BCUT2D eigenvalue weighted by atomic mass is 32.1. The van der Waals surface area contributed by atoms with Crippen LogP contribution >= 0.6 is 11.3 Å². The number of para-hydroxylation sites is 1. The molecule has 3 aromatic rings. The molecule has 0 saturated carbocycles. The van der Waals surface area contributed by atoms with Crippen molar-refractivity contribution in [1.29, 1.82) is 0 Å². The summed E-state index contributed by atoms with van der Waals surface area (Å²) in [6, 6.07) is 12.7. The van der Waals surface area contributed by atoms with Gasteiger partial charge in [0.05, 0.1) is 0 Å². The molecule has 0 aliphatic rings. The molecule has 2 heterocycles. The van der Waals surface area contributed by atoms with Gasteiger partial charge in [0.15, 0.2) is 0 Å². The monoisotopic (exact) mass is 296 g/mol. The number of anilines is 2. The van der Waals surface area contributed by atoms with Gasteiger partial charge >= 0.3 is 6.03 Å². The Morgan fingerprint density at radius 3 is 2.52 bits per heavy atom. The molecule has 2 amide bonds. The number of thiazole rings is 1. The maximum absolute atomic E-state index is 11.9. The Bertz CT molecular complexity index is 728. The van der Waals surface area contributed by atoms with Crippen molar-refractivity contribution < 1.29 is 4.79 Å². The maximum Gasteiger partial charge on any atom is 0.324 e. The molecular formula is C15H12N4OS. The van der Waals surface area contributed by atoms with Crippen LogP contribution in [0.2, 0.25) is 0 Å². The lowest BCUT2D eigenvalue weighted by Crippen LogP contribution is -2.19. The van der Waals surface area contributed by atoms with Crippen molar-refractivity contribution in [3.05, 3.63) is 60.2 Å². The van der Waals surface area contributed by atoms with E-state index in [9.17, 15) is 4.79 Å². The lowest BCUT2D eigenvalue weighted by atomic mass is 10.3. The third-order valence-electron chi connectivity index (χ3n) is 2.70. The van der Waals surface area contributed by atoms with Crippen LogP contribution in [0.1, 0.15) is 0 Å². The number of nitrogens with one attached hydrogen (secondary N) is 2. The van der Waals surface area contributed by atoms with Gasteiger partial charge in [-0.1, -0.05) is 18.2 Å². The summed E-state index contributed by atoms with van der Waals surface area (Å²) in [5.41, 5.74) is 1.71. The first-order valence-corrected chi connectivity index (χ1v) is 7.18. The van der Waals surface area contributed by atoms with Crippen LogP contribution in [0.4, 0.5) is 16.3 Å². The van der Waals surface area contributed by atoms with E-state index >= 15 is 0 Å². The summed E-state index contributed by atoms with van der Waals surface area (Å²) in [6.45, 7) is 0. The van der Waals surface area contributed by atoms with Crippen LogP contribution in [0.5, 0.6) is 0 Å². The number of hydrogen-bond acceptors (Lipinski definition) is 4. The van der Waals surface area contributed by atoms with Gasteiger partial charge in [0.1, 0.15) is 10.8 Å². The number of carbonyl (C=O) groups excluding carboxylic acids is 1. The zero-order chi connectivity index (χ0) is 14.5. The average Bonchev–Trinajstić information content (AvgIpc) is 2.97. The summed E-state index contributed by atoms with van der Waals surface area (Å²) in [5.74, 6) is 0.528. The zero-order valence-corrected chi connectivity index (χ0v) is 11.8. The number of nitrogens with zero attached hydrogens (tertiary/aromatic N) is 2. The fourth-order valence-electron chi connectivity index (χ4n) is 1.76.